The van der Waals surface area contributed by atoms with Crippen molar-refractivity contribution < 1.29 is 14.4 Å². The first-order valence-corrected chi connectivity index (χ1v) is 10.4. The molecule has 2 N–H and O–H groups in total. The fourth-order valence-electron chi connectivity index (χ4n) is 3.74. The Morgan fingerprint density at radius 3 is 2.58 bits per heavy atom. The minimum atomic E-state index is -0.378. The molecule has 2 aromatic rings. The number of fused-ring (bicyclic) bond motifs is 1. The number of ether oxygens (including phenoxy) is 1. The van der Waals surface area contributed by atoms with Crippen molar-refractivity contribution in [2.75, 3.05) is 19.7 Å². The summed E-state index contributed by atoms with van der Waals surface area (Å²) in [6, 6.07) is 0.138. The summed E-state index contributed by atoms with van der Waals surface area (Å²) in [5, 5.41) is 0.511. The summed E-state index contributed by atoms with van der Waals surface area (Å²) in [5.41, 5.74) is 0.502. The summed E-state index contributed by atoms with van der Waals surface area (Å²) in [7, 11) is 0. The summed E-state index contributed by atoms with van der Waals surface area (Å²) in [5.74, 6) is 0.339. The van der Waals surface area contributed by atoms with Crippen LogP contribution in [0.15, 0.2) is 4.79 Å². The molecule has 1 aliphatic heterocycles. The van der Waals surface area contributed by atoms with Gasteiger partial charge >= 0.3 is 5.97 Å². The van der Waals surface area contributed by atoms with E-state index in [0.29, 0.717) is 27.3 Å². The van der Waals surface area contributed by atoms with Crippen molar-refractivity contribution in [2.24, 2.45) is 0 Å². The lowest BCUT2D eigenvalue weighted by Crippen LogP contribution is -3.12. The van der Waals surface area contributed by atoms with Crippen molar-refractivity contribution in [3.8, 4) is 0 Å². The molecule has 0 unspecified atom stereocenters. The van der Waals surface area contributed by atoms with Crippen LogP contribution in [0.1, 0.15) is 73.1 Å². The van der Waals surface area contributed by atoms with E-state index in [1.165, 1.54) is 48.3 Å². The predicted molar refractivity (Wildman–Crippen MR) is 103 cm³/mol. The van der Waals surface area contributed by atoms with Crippen LogP contribution in [0.2, 0.25) is 0 Å². The highest BCUT2D eigenvalue weighted by molar-refractivity contribution is 7.20. The normalized spacial score (nSPS) is 17.7. The maximum absolute atomic E-state index is 12.7. The van der Waals surface area contributed by atoms with E-state index >= 15 is 0 Å². The van der Waals surface area contributed by atoms with Crippen molar-refractivity contribution in [2.45, 2.75) is 58.9 Å². The number of nitrogens with one attached hydrogen (secondary N) is 2. The van der Waals surface area contributed by atoms with Gasteiger partial charge in [0.05, 0.1) is 25.1 Å². The number of carbonyl (C=O) groups excluding carboxylic acids is 1. The highest BCUT2D eigenvalue weighted by Gasteiger charge is 2.25. The van der Waals surface area contributed by atoms with Crippen LogP contribution in [-0.4, -0.2) is 35.6 Å². The minimum Gasteiger partial charge on any atom is -0.462 e. The molecule has 7 heteroatoms. The first-order valence-electron chi connectivity index (χ1n) is 9.58. The zero-order valence-electron chi connectivity index (χ0n) is 15.8. The van der Waals surface area contributed by atoms with Crippen molar-refractivity contribution in [1.29, 1.82) is 0 Å². The van der Waals surface area contributed by atoms with Crippen LogP contribution in [0.4, 0.5) is 0 Å². The van der Waals surface area contributed by atoms with Gasteiger partial charge in [-0.2, -0.15) is 0 Å². The van der Waals surface area contributed by atoms with Gasteiger partial charge in [0.1, 0.15) is 15.7 Å². The lowest BCUT2D eigenvalue weighted by Gasteiger charge is -2.27. The molecular formula is C19H28N3O3S+. The molecule has 0 aromatic carbocycles. The number of aromatic amines is 1. The number of hydrogen-bond acceptors (Lipinski definition) is 5. The van der Waals surface area contributed by atoms with Crippen LogP contribution in [0.25, 0.3) is 10.2 Å². The van der Waals surface area contributed by atoms with E-state index in [1.807, 2.05) is 0 Å². The number of H-pyrrole nitrogens is 1. The van der Waals surface area contributed by atoms with Crippen LogP contribution in [0.5, 0.6) is 0 Å². The summed E-state index contributed by atoms with van der Waals surface area (Å²) in [4.78, 5) is 35.1. The molecule has 6 nitrogen and oxygen atoms in total. The number of hydrogen-bond donors (Lipinski definition) is 2. The number of nitrogens with zero attached hydrogens (tertiary/aromatic N) is 1. The van der Waals surface area contributed by atoms with Crippen molar-refractivity contribution in [3.63, 3.8) is 0 Å². The Labute approximate surface area is 157 Å². The molecule has 0 spiro atoms. The average molecular weight is 379 g/mol. The Bertz CT molecular complexity index is 834. The first-order chi connectivity index (χ1) is 12.5. The second-order valence-corrected chi connectivity index (χ2v) is 8.05. The van der Waals surface area contributed by atoms with Crippen LogP contribution in [0, 0.1) is 6.92 Å². The molecule has 1 saturated heterocycles. The molecule has 2 aromatic heterocycles. The molecule has 0 bridgehead atoms. The van der Waals surface area contributed by atoms with Crippen LogP contribution in [-0.2, 0) is 4.74 Å². The first kappa shape index (κ1) is 19.0. The number of rotatable bonds is 4. The molecular weight excluding hydrogens is 350 g/mol. The van der Waals surface area contributed by atoms with Gasteiger partial charge < -0.3 is 14.6 Å². The van der Waals surface area contributed by atoms with Gasteiger partial charge in [0, 0.05) is 0 Å². The topological polar surface area (TPSA) is 76.5 Å². The van der Waals surface area contributed by atoms with Gasteiger partial charge in [-0.25, -0.2) is 9.78 Å². The molecule has 0 amide bonds. The quantitative estimate of drug-likeness (QED) is 0.801. The van der Waals surface area contributed by atoms with E-state index in [0.717, 1.165) is 18.9 Å². The Balaban J connectivity index is 1.94. The Kier molecular flexibility index (Phi) is 6.09. The third-order valence-corrected chi connectivity index (χ3v) is 6.46. The lowest BCUT2D eigenvalue weighted by atomic mass is 10.1. The molecule has 0 saturated carbocycles. The van der Waals surface area contributed by atoms with E-state index in [-0.39, 0.29) is 17.6 Å². The van der Waals surface area contributed by atoms with Crippen molar-refractivity contribution in [3.05, 3.63) is 26.6 Å². The van der Waals surface area contributed by atoms with Gasteiger partial charge in [-0.15, -0.1) is 11.3 Å². The Morgan fingerprint density at radius 2 is 1.92 bits per heavy atom. The van der Waals surface area contributed by atoms with E-state index in [4.69, 9.17) is 9.72 Å². The number of likely N-dealkylation sites (tertiary alicyclic amines) is 1. The maximum Gasteiger partial charge on any atom is 0.348 e. The van der Waals surface area contributed by atoms with Crippen molar-refractivity contribution in [1.82, 2.24) is 9.97 Å². The Morgan fingerprint density at radius 1 is 1.27 bits per heavy atom. The second kappa shape index (κ2) is 8.31. The molecule has 1 fully saturated rings. The molecule has 0 aliphatic carbocycles. The van der Waals surface area contributed by atoms with Crippen molar-refractivity contribution >= 4 is 27.5 Å². The molecule has 3 heterocycles. The van der Waals surface area contributed by atoms with Gasteiger partial charge in [-0.3, -0.25) is 4.79 Å². The van der Waals surface area contributed by atoms with Crippen LogP contribution < -0.4 is 10.5 Å². The van der Waals surface area contributed by atoms with E-state index in [2.05, 4.69) is 11.9 Å². The predicted octanol–water partition coefficient (Wildman–Crippen LogP) is 2.38. The number of aryl methyl sites for hydroxylation is 1. The molecule has 3 rings (SSSR count). The number of thiophene rings is 1. The maximum atomic E-state index is 12.7. The standard InChI is InChI=1S/C19H27N3O3S/c1-4-25-19(24)15-12(2)14-17(23)20-16(21-18(14)26-15)13(3)22-10-8-6-5-7-9-11-22/h13H,4-11H2,1-3H3,(H,20,21,23)/p+1/t13-/m0/s1. The summed E-state index contributed by atoms with van der Waals surface area (Å²) < 4.78 is 5.10. The summed E-state index contributed by atoms with van der Waals surface area (Å²) >= 11 is 1.26. The highest BCUT2D eigenvalue weighted by Crippen LogP contribution is 2.28. The number of aromatic nitrogens is 2. The molecule has 142 valence electrons. The number of quaternary nitrogens is 1. The summed E-state index contributed by atoms with van der Waals surface area (Å²) in [6.45, 7) is 8.23. The van der Waals surface area contributed by atoms with E-state index in [1.54, 1.807) is 13.8 Å². The Hall–Kier alpha value is -1.73. The summed E-state index contributed by atoms with van der Waals surface area (Å²) in [6.07, 6.45) is 6.33. The fraction of sp³-hybridized carbons (Fsp3) is 0.632. The molecule has 1 aliphatic rings. The average Bonchev–Trinajstić information content (AvgIpc) is 2.91. The monoisotopic (exact) mass is 378 g/mol. The van der Waals surface area contributed by atoms with Gasteiger partial charge in [0.2, 0.25) is 0 Å². The lowest BCUT2D eigenvalue weighted by molar-refractivity contribution is -0.931. The fourth-order valence-corrected chi connectivity index (χ4v) is 4.83. The number of esters is 1. The second-order valence-electron chi connectivity index (χ2n) is 7.06. The molecule has 1 atom stereocenters. The van der Waals surface area contributed by atoms with Gasteiger partial charge in [-0.1, -0.05) is 6.42 Å². The van der Waals surface area contributed by atoms with E-state index in [9.17, 15) is 9.59 Å². The SMILES string of the molecule is CCOC(=O)c1sc2nc([C@H](C)[NH+]3CCCCCCC3)[nH]c(=O)c2c1C. The highest BCUT2D eigenvalue weighted by atomic mass is 32.1. The minimum absolute atomic E-state index is 0.138. The third kappa shape index (κ3) is 3.83. The van der Waals surface area contributed by atoms with Gasteiger partial charge in [0.15, 0.2) is 5.82 Å². The molecule has 26 heavy (non-hydrogen) atoms. The smallest absolute Gasteiger partial charge is 0.348 e. The van der Waals surface area contributed by atoms with Gasteiger partial charge in [-0.05, 0) is 52.0 Å². The number of carbonyl (C=O) groups is 1. The van der Waals surface area contributed by atoms with Crippen LogP contribution >= 0.6 is 11.3 Å². The van der Waals surface area contributed by atoms with Crippen LogP contribution in [0.3, 0.4) is 0 Å². The zero-order chi connectivity index (χ0) is 18.7. The largest absolute Gasteiger partial charge is 0.462 e. The van der Waals surface area contributed by atoms with E-state index < -0.39 is 0 Å². The third-order valence-electron chi connectivity index (χ3n) is 5.30. The molecule has 0 radical (unpaired) electrons. The zero-order valence-corrected chi connectivity index (χ0v) is 16.6. The van der Waals surface area contributed by atoms with Gasteiger partial charge in [0.25, 0.3) is 5.56 Å².